The molecule has 84 valence electrons. The van der Waals surface area contributed by atoms with Crippen molar-refractivity contribution in [3.05, 3.63) is 16.1 Å². The van der Waals surface area contributed by atoms with Crippen molar-refractivity contribution in [2.75, 3.05) is 6.54 Å². The monoisotopic (exact) mass is 228 g/mol. The molecule has 0 aliphatic heterocycles. The summed E-state index contributed by atoms with van der Waals surface area (Å²) in [7, 11) is 0. The molecule has 1 rings (SSSR count). The summed E-state index contributed by atoms with van der Waals surface area (Å²) in [6.07, 6.45) is 3.77. The second-order valence-electron chi connectivity index (χ2n) is 3.25. The van der Waals surface area contributed by atoms with E-state index >= 15 is 0 Å². The van der Waals surface area contributed by atoms with Crippen LogP contribution in [0.2, 0.25) is 0 Å². The van der Waals surface area contributed by atoms with Gasteiger partial charge in [0.1, 0.15) is 0 Å². The van der Waals surface area contributed by atoms with E-state index in [0.29, 0.717) is 6.42 Å². The average molecular weight is 228 g/mol. The van der Waals surface area contributed by atoms with Gasteiger partial charge in [-0.25, -0.2) is 4.98 Å². The summed E-state index contributed by atoms with van der Waals surface area (Å²) in [4.78, 5) is 15.7. The first kappa shape index (κ1) is 12.1. The number of carboxylic acid groups (broad SMARTS) is 1. The molecule has 0 saturated heterocycles. The Hall–Kier alpha value is -0.940. The Bertz CT molecular complexity index is 312. The van der Waals surface area contributed by atoms with Gasteiger partial charge in [0.15, 0.2) is 0 Å². The number of hydrogen-bond acceptors (Lipinski definition) is 4. The van der Waals surface area contributed by atoms with E-state index in [4.69, 9.17) is 5.11 Å². The molecule has 2 N–H and O–H groups in total. The van der Waals surface area contributed by atoms with E-state index in [0.717, 1.165) is 24.5 Å². The van der Waals surface area contributed by atoms with Crippen LogP contribution < -0.4 is 5.32 Å². The second-order valence-corrected chi connectivity index (χ2v) is 4.45. The van der Waals surface area contributed by atoms with Gasteiger partial charge in [0, 0.05) is 24.0 Å². The molecule has 0 unspecified atom stereocenters. The number of aromatic nitrogens is 1. The van der Waals surface area contributed by atoms with Crippen molar-refractivity contribution < 1.29 is 9.90 Å². The molecule has 0 amide bonds. The third-order valence-corrected chi connectivity index (χ3v) is 3.09. The van der Waals surface area contributed by atoms with E-state index in [2.05, 4.69) is 17.2 Å². The Morgan fingerprint density at radius 1 is 1.67 bits per heavy atom. The van der Waals surface area contributed by atoms with E-state index in [1.807, 2.05) is 6.20 Å². The fourth-order valence-electron chi connectivity index (χ4n) is 1.17. The lowest BCUT2D eigenvalue weighted by atomic mass is 10.3. The first-order valence-corrected chi connectivity index (χ1v) is 5.90. The van der Waals surface area contributed by atoms with Crippen molar-refractivity contribution in [3.8, 4) is 0 Å². The smallest absolute Gasteiger partial charge is 0.303 e. The van der Waals surface area contributed by atoms with Crippen molar-refractivity contribution in [2.45, 2.75) is 32.7 Å². The summed E-state index contributed by atoms with van der Waals surface area (Å²) in [5.74, 6) is -0.733. The minimum atomic E-state index is -0.733. The topological polar surface area (TPSA) is 62.2 Å². The largest absolute Gasteiger partial charge is 0.481 e. The van der Waals surface area contributed by atoms with Gasteiger partial charge < -0.3 is 10.4 Å². The third-order valence-electron chi connectivity index (χ3n) is 1.95. The number of thiazole rings is 1. The number of nitrogens with zero attached hydrogens (tertiary/aromatic N) is 1. The van der Waals surface area contributed by atoms with Gasteiger partial charge in [-0.1, -0.05) is 6.92 Å². The van der Waals surface area contributed by atoms with Gasteiger partial charge in [0.25, 0.3) is 0 Å². The molecule has 0 saturated carbocycles. The van der Waals surface area contributed by atoms with Gasteiger partial charge in [0.2, 0.25) is 0 Å². The summed E-state index contributed by atoms with van der Waals surface area (Å²) < 4.78 is 0. The summed E-state index contributed by atoms with van der Waals surface area (Å²) >= 11 is 1.71. The minimum Gasteiger partial charge on any atom is -0.481 e. The molecule has 0 aromatic carbocycles. The highest BCUT2D eigenvalue weighted by molar-refractivity contribution is 7.11. The Balaban J connectivity index is 2.12. The highest BCUT2D eigenvalue weighted by Crippen LogP contribution is 2.12. The van der Waals surface area contributed by atoms with E-state index < -0.39 is 5.97 Å². The van der Waals surface area contributed by atoms with E-state index in [-0.39, 0.29) is 6.42 Å². The van der Waals surface area contributed by atoms with E-state index in [1.165, 1.54) is 4.88 Å². The molecule has 0 atom stereocenters. The van der Waals surface area contributed by atoms with Crippen LogP contribution in [0.15, 0.2) is 6.20 Å². The maximum atomic E-state index is 10.2. The van der Waals surface area contributed by atoms with Crippen LogP contribution in [0, 0.1) is 0 Å². The molecular formula is C10H16N2O2S. The summed E-state index contributed by atoms with van der Waals surface area (Å²) in [5, 5.41) is 12.8. The van der Waals surface area contributed by atoms with Crippen LogP contribution >= 0.6 is 11.3 Å². The predicted octanol–water partition coefficient (Wildman–Crippen LogP) is 1.66. The lowest BCUT2D eigenvalue weighted by molar-refractivity contribution is -0.137. The van der Waals surface area contributed by atoms with Gasteiger partial charge >= 0.3 is 5.97 Å². The van der Waals surface area contributed by atoms with Crippen LogP contribution in [0.25, 0.3) is 0 Å². The lowest BCUT2D eigenvalue weighted by Crippen LogP contribution is -2.14. The van der Waals surface area contributed by atoms with Crippen LogP contribution in [0.3, 0.4) is 0 Å². The highest BCUT2D eigenvalue weighted by atomic mass is 32.1. The average Bonchev–Trinajstić information content (AvgIpc) is 2.65. The first-order valence-electron chi connectivity index (χ1n) is 5.08. The Morgan fingerprint density at radius 2 is 2.47 bits per heavy atom. The summed E-state index contributed by atoms with van der Waals surface area (Å²) in [5.41, 5.74) is 0. The van der Waals surface area contributed by atoms with Crippen molar-refractivity contribution >= 4 is 17.3 Å². The molecular weight excluding hydrogens is 212 g/mol. The molecule has 0 radical (unpaired) electrons. The van der Waals surface area contributed by atoms with Gasteiger partial charge in [-0.05, 0) is 19.4 Å². The molecule has 1 aromatic rings. The number of rotatable bonds is 7. The summed E-state index contributed by atoms with van der Waals surface area (Å²) in [6.45, 7) is 3.62. The van der Waals surface area contributed by atoms with Crippen molar-refractivity contribution in [3.63, 3.8) is 0 Å². The Kier molecular flexibility index (Phi) is 5.28. The lowest BCUT2D eigenvalue weighted by Gasteiger charge is -2.00. The molecule has 0 aliphatic rings. The van der Waals surface area contributed by atoms with Crippen LogP contribution in [-0.4, -0.2) is 22.6 Å². The van der Waals surface area contributed by atoms with Crippen LogP contribution in [-0.2, 0) is 17.8 Å². The zero-order chi connectivity index (χ0) is 11.1. The SMILES string of the molecule is CCc1ncc(CNCCCC(=O)O)s1. The number of carboxylic acids is 1. The number of hydrogen-bond donors (Lipinski definition) is 2. The van der Waals surface area contributed by atoms with Crippen molar-refractivity contribution in [2.24, 2.45) is 0 Å². The molecule has 0 spiro atoms. The van der Waals surface area contributed by atoms with Crippen molar-refractivity contribution in [1.29, 1.82) is 0 Å². The third kappa shape index (κ3) is 4.90. The van der Waals surface area contributed by atoms with E-state index in [1.54, 1.807) is 11.3 Å². The fraction of sp³-hybridized carbons (Fsp3) is 0.600. The molecule has 4 nitrogen and oxygen atoms in total. The van der Waals surface area contributed by atoms with Gasteiger partial charge in [0.05, 0.1) is 5.01 Å². The first-order chi connectivity index (χ1) is 7.22. The van der Waals surface area contributed by atoms with E-state index in [9.17, 15) is 4.79 Å². The quantitative estimate of drug-likeness (QED) is 0.697. The fourth-order valence-corrected chi connectivity index (χ4v) is 2.00. The van der Waals surface area contributed by atoms with Crippen LogP contribution in [0.4, 0.5) is 0 Å². The molecule has 1 heterocycles. The molecule has 5 heteroatoms. The molecule has 1 aromatic heterocycles. The summed E-state index contributed by atoms with van der Waals surface area (Å²) in [6, 6.07) is 0. The second kappa shape index (κ2) is 6.53. The Morgan fingerprint density at radius 3 is 3.07 bits per heavy atom. The molecule has 0 bridgehead atoms. The standard InChI is InChI=1S/C10H16N2O2S/c1-2-9-12-7-8(15-9)6-11-5-3-4-10(13)14/h7,11H,2-6H2,1H3,(H,13,14). The minimum absolute atomic E-state index is 0.232. The van der Waals surface area contributed by atoms with Gasteiger partial charge in [-0.2, -0.15) is 0 Å². The molecule has 15 heavy (non-hydrogen) atoms. The van der Waals surface area contributed by atoms with Crippen LogP contribution in [0.1, 0.15) is 29.7 Å². The number of aryl methyl sites for hydroxylation is 1. The van der Waals surface area contributed by atoms with Gasteiger partial charge in [-0.15, -0.1) is 11.3 Å². The zero-order valence-electron chi connectivity index (χ0n) is 8.82. The molecule has 0 aliphatic carbocycles. The maximum Gasteiger partial charge on any atom is 0.303 e. The van der Waals surface area contributed by atoms with Crippen molar-refractivity contribution in [1.82, 2.24) is 10.3 Å². The zero-order valence-corrected chi connectivity index (χ0v) is 9.64. The Labute approximate surface area is 93.4 Å². The molecule has 0 fully saturated rings. The normalized spacial score (nSPS) is 10.5. The van der Waals surface area contributed by atoms with Crippen LogP contribution in [0.5, 0.6) is 0 Å². The number of nitrogens with one attached hydrogen (secondary N) is 1. The number of aliphatic carboxylic acids is 1. The highest BCUT2D eigenvalue weighted by Gasteiger charge is 2.00. The maximum absolute atomic E-state index is 10.2. The van der Waals surface area contributed by atoms with Gasteiger partial charge in [-0.3, -0.25) is 4.79 Å². The predicted molar refractivity (Wildman–Crippen MR) is 60.1 cm³/mol. The number of carbonyl (C=O) groups is 1.